The molecule has 2 aliphatic rings. The Hall–Kier alpha value is -2.62. The van der Waals surface area contributed by atoms with Crippen molar-refractivity contribution in [1.82, 2.24) is 19.4 Å². The molecule has 2 saturated heterocycles. The van der Waals surface area contributed by atoms with Gasteiger partial charge in [-0.15, -0.1) is 0 Å². The molecule has 0 unspecified atom stereocenters. The monoisotopic (exact) mass is 410 g/mol. The van der Waals surface area contributed by atoms with Crippen LogP contribution in [0.25, 0.3) is 5.52 Å². The Morgan fingerprint density at radius 3 is 2.41 bits per heavy atom. The fraction of sp³-hybridized carbons (Fsp3) is 0.526. The smallest absolute Gasteiger partial charge is 0.378 e. The van der Waals surface area contributed by atoms with Gasteiger partial charge in [0.25, 0.3) is 5.91 Å². The van der Waals surface area contributed by atoms with Gasteiger partial charge in [0, 0.05) is 32.4 Å². The lowest BCUT2D eigenvalue weighted by molar-refractivity contribution is -0.186. The number of halogens is 3. The third-order valence-electron chi connectivity index (χ3n) is 5.57. The SMILES string of the molecule is O=C(c1cnn2ccc(C3CCN(C(=O)C(F)(F)F)CC3)cc12)N1CCOCC1. The average molecular weight is 410 g/mol. The van der Waals surface area contributed by atoms with Gasteiger partial charge in [-0.3, -0.25) is 9.59 Å². The molecule has 0 radical (unpaired) electrons. The van der Waals surface area contributed by atoms with E-state index in [0.717, 1.165) is 10.5 Å². The van der Waals surface area contributed by atoms with Gasteiger partial charge in [-0.2, -0.15) is 18.3 Å². The number of likely N-dealkylation sites (tertiary alicyclic amines) is 1. The summed E-state index contributed by atoms with van der Waals surface area (Å²) in [5.74, 6) is -1.86. The highest BCUT2D eigenvalue weighted by Gasteiger charge is 2.43. The maximum Gasteiger partial charge on any atom is 0.471 e. The zero-order valence-corrected chi connectivity index (χ0v) is 15.7. The number of carbonyl (C=O) groups is 2. The van der Waals surface area contributed by atoms with Gasteiger partial charge in [0.15, 0.2) is 0 Å². The van der Waals surface area contributed by atoms with E-state index in [-0.39, 0.29) is 24.9 Å². The number of piperidine rings is 1. The first kappa shape index (κ1) is 19.7. The molecule has 0 bridgehead atoms. The van der Waals surface area contributed by atoms with Crippen molar-refractivity contribution in [3.8, 4) is 0 Å². The summed E-state index contributed by atoms with van der Waals surface area (Å²) in [4.78, 5) is 26.8. The number of rotatable bonds is 2. The van der Waals surface area contributed by atoms with E-state index in [9.17, 15) is 22.8 Å². The number of carbonyl (C=O) groups excluding carboxylic acids is 2. The summed E-state index contributed by atoms with van der Waals surface area (Å²) in [6.07, 6.45) is -0.647. The Morgan fingerprint density at radius 1 is 1.07 bits per heavy atom. The molecule has 7 nitrogen and oxygen atoms in total. The van der Waals surface area contributed by atoms with Crippen molar-refractivity contribution in [2.75, 3.05) is 39.4 Å². The number of morpholine rings is 1. The van der Waals surface area contributed by atoms with Crippen LogP contribution in [0.3, 0.4) is 0 Å². The van der Waals surface area contributed by atoms with E-state index in [0.29, 0.717) is 50.2 Å². The van der Waals surface area contributed by atoms with Crippen LogP contribution in [0.5, 0.6) is 0 Å². The first-order valence-corrected chi connectivity index (χ1v) is 9.55. The Kier molecular flexibility index (Phi) is 5.20. The van der Waals surface area contributed by atoms with Gasteiger partial charge >= 0.3 is 12.1 Å². The minimum Gasteiger partial charge on any atom is -0.378 e. The first-order chi connectivity index (χ1) is 13.8. The molecule has 0 saturated carbocycles. The summed E-state index contributed by atoms with van der Waals surface area (Å²) < 4.78 is 44.8. The van der Waals surface area contributed by atoms with Crippen molar-refractivity contribution in [2.45, 2.75) is 24.9 Å². The number of hydrogen-bond donors (Lipinski definition) is 0. The van der Waals surface area contributed by atoms with Gasteiger partial charge in [-0.25, -0.2) is 4.52 Å². The van der Waals surface area contributed by atoms with Crippen molar-refractivity contribution < 1.29 is 27.5 Å². The molecule has 0 spiro atoms. The fourth-order valence-corrected chi connectivity index (χ4v) is 3.95. The fourth-order valence-electron chi connectivity index (χ4n) is 3.95. The van der Waals surface area contributed by atoms with E-state index in [1.54, 1.807) is 21.8 Å². The molecular formula is C19H21F3N4O3. The Morgan fingerprint density at radius 2 is 1.76 bits per heavy atom. The van der Waals surface area contributed by atoms with E-state index in [1.807, 2.05) is 12.1 Å². The zero-order valence-electron chi connectivity index (χ0n) is 15.7. The van der Waals surface area contributed by atoms with Crippen LogP contribution >= 0.6 is 0 Å². The molecule has 0 atom stereocenters. The van der Waals surface area contributed by atoms with Gasteiger partial charge in [-0.05, 0) is 36.5 Å². The predicted molar refractivity (Wildman–Crippen MR) is 96.5 cm³/mol. The predicted octanol–water partition coefficient (Wildman–Crippen LogP) is 2.08. The normalized spacial score (nSPS) is 19.0. The van der Waals surface area contributed by atoms with Crippen LogP contribution in [0.15, 0.2) is 24.5 Å². The van der Waals surface area contributed by atoms with E-state index in [4.69, 9.17) is 4.74 Å². The van der Waals surface area contributed by atoms with E-state index in [2.05, 4.69) is 5.10 Å². The lowest BCUT2D eigenvalue weighted by Crippen LogP contribution is -2.45. The number of fused-ring (bicyclic) bond motifs is 1. The third kappa shape index (κ3) is 3.93. The summed E-state index contributed by atoms with van der Waals surface area (Å²) in [7, 11) is 0. The molecule has 4 heterocycles. The first-order valence-electron chi connectivity index (χ1n) is 9.55. The van der Waals surface area contributed by atoms with Crippen molar-refractivity contribution in [3.05, 3.63) is 35.7 Å². The summed E-state index contributed by atoms with van der Waals surface area (Å²) >= 11 is 0. The Bertz CT molecular complexity index is 913. The molecule has 2 aromatic heterocycles. The number of aromatic nitrogens is 2. The van der Waals surface area contributed by atoms with Gasteiger partial charge in [0.05, 0.1) is 30.5 Å². The van der Waals surface area contributed by atoms with Crippen molar-refractivity contribution in [3.63, 3.8) is 0 Å². The second kappa shape index (κ2) is 7.66. The number of alkyl halides is 3. The van der Waals surface area contributed by atoms with Crippen LogP contribution in [-0.2, 0) is 9.53 Å². The van der Waals surface area contributed by atoms with Gasteiger partial charge in [0.1, 0.15) is 0 Å². The second-order valence-electron chi connectivity index (χ2n) is 7.32. The standard InChI is InChI=1S/C19H21F3N4O3/c20-19(21,22)18(28)25-4-1-13(2-5-25)14-3-6-26-16(11-14)15(12-23-26)17(27)24-7-9-29-10-8-24/h3,6,11-13H,1-2,4-5,7-10H2. The van der Waals surface area contributed by atoms with Crippen LogP contribution in [0, 0.1) is 0 Å². The van der Waals surface area contributed by atoms with E-state index >= 15 is 0 Å². The summed E-state index contributed by atoms with van der Waals surface area (Å²) in [5.41, 5.74) is 2.11. The highest BCUT2D eigenvalue weighted by Crippen LogP contribution is 2.31. The van der Waals surface area contributed by atoms with E-state index < -0.39 is 12.1 Å². The highest BCUT2D eigenvalue weighted by molar-refractivity contribution is 6.00. The Labute approximate surface area is 165 Å². The van der Waals surface area contributed by atoms with Crippen molar-refractivity contribution in [2.24, 2.45) is 0 Å². The molecule has 2 amide bonds. The van der Waals surface area contributed by atoms with Crippen LogP contribution in [-0.4, -0.2) is 76.8 Å². The quantitative estimate of drug-likeness (QED) is 0.760. The number of ether oxygens (including phenoxy) is 1. The maximum atomic E-state index is 12.8. The van der Waals surface area contributed by atoms with E-state index in [1.165, 1.54) is 0 Å². The van der Waals surface area contributed by atoms with Gasteiger partial charge in [-0.1, -0.05) is 0 Å². The molecule has 156 valence electrons. The molecule has 2 aliphatic heterocycles. The molecule has 4 rings (SSSR count). The van der Waals surface area contributed by atoms with Crippen LogP contribution in [0.1, 0.15) is 34.7 Å². The maximum absolute atomic E-state index is 12.8. The second-order valence-corrected chi connectivity index (χ2v) is 7.32. The number of nitrogens with zero attached hydrogens (tertiary/aromatic N) is 4. The minimum atomic E-state index is -4.84. The molecule has 10 heteroatoms. The molecule has 29 heavy (non-hydrogen) atoms. The van der Waals surface area contributed by atoms with Crippen LogP contribution < -0.4 is 0 Å². The molecule has 0 aliphatic carbocycles. The summed E-state index contributed by atoms with van der Waals surface area (Å²) in [6, 6.07) is 3.75. The summed E-state index contributed by atoms with van der Waals surface area (Å²) in [5, 5.41) is 4.24. The van der Waals surface area contributed by atoms with Gasteiger partial charge in [0.2, 0.25) is 0 Å². The van der Waals surface area contributed by atoms with Crippen LogP contribution in [0.2, 0.25) is 0 Å². The molecule has 2 aromatic rings. The Balaban J connectivity index is 1.51. The van der Waals surface area contributed by atoms with Crippen molar-refractivity contribution >= 4 is 17.3 Å². The number of pyridine rings is 1. The third-order valence-corrected chi connectivity index (χ3v) is 5.57. The minimum absolute atomic E-state index is 0.0264. The molecule has 0 N–H and O–H groups in total. The van der Waals surface area contributed by atoms with Crippen LogP contribution in [0.4, 0.5) is 13.2 Å². The zero-order chi connectivity index (χ0) is 20.6. The largest absolute Gasteiger partial charge is 0.471 e. The topological polar surface area (TPSA) is 67.2 Å². The van der Waals surface area contributed by atoms with Gasteiger partial charge < -0.3 is 14.5 Å². The molecular weight excluding hydrogens is 389 g/mol. The van der Waals surface area contributed by atoms with Crippen molar-refractivity contribution in [1.29, 1.82) is 0 Å². The number of amides is 2. The molecule has 0 aromatic carbocycles. The average Bonchev–Trinajstić information content (AvgIpc) is 3.16. The number of hydrogen-bond acceptors (Lipinski definition) is 4. The lowest BCUT2D eigenvalue weighted by atomic mass is 9.89. The highest BCUT2D eigenvalue weighted by atomic mass is 19.4. The molecule has 2 fully saturated rings. The lowest BCUT2D eigenvalue weighted by Gasteiger charge is -2.32. The summed E-state index contributed by atoms with van der Waals surface area (Å²) in [6.45, 7) is 2.19.